The van der Waals surface area contributed by atoms with Crippen LogP contribution in [0, 0.1) is 0 Å². The molecule has 0 spiro atoms. The Hall–Kier alpha value is -13.1. The average Bonchev–Trinajstić information content (AvgIpc) is 1.66. The van der Waals surface area contributed by atoms with Gasteiger partial charge in [0.25, 0.3) is 0 Å². The summed E-state index contributed by atoms with van der Waals surface area (Å²) in [4.78, 5) is 2.40. The van der Waals surface area contributed by atoms with Crippen molar-refractivity contribution in [1.82, 2.24) is 0 Å². The van der Waals surface area contributed by atoms with Crippen molar-refractivity contribution in [1.29, 1.82) is 0 Å². The monoisotopic (exact) mass is 1410 g/mol. The molecule has 1 N–H and O–H groups in total. The second-order valence-electron chi connectivity index (χ2n) is 29.7. The zero-order valence-corrected chi connectivity index (χ0v) is 62.2. The molecule has 18 aromatic rings. The van der Waals surface area contributed by atoms with Crippen molar-refractivity contribution in [2.24, 2.45) is 0 Å². The highest BCUT2D eigenvalue weighted by atomic mass is 35.5. The van der Waals surface area contributed by atoms with Crippen LogP contribution in [-0.2, 0) is 10.8 Å². The molecule has 2 nitrogen and oxygen atoms in total. The highest BCUT2D eigenvalue weighted by Crippen LogP contribution is 2.52. The number of hydrogen-bond donors (Lipinski definition) is 1. The van der Waals surface area contributed by atoms with Gasteiger partial charge in [-0.05, 0) is 251 Å². The van der Waals surface area contributed by atoms with E-state index in [-0.39, 0.29) is 10.8 Å². The van der Waals surface area contributed by atoms with Gasteiger partial charge in [-0.2, -0.15) is 0 Å². The van der Waals surface area contributed by atoms with Gasteiger partial charge in [0, 0.05) is 44.3 Å². The lowest BCUT2D eigenvalue weighted by molar-refractivity contribution is 0.660. The fourth-order valence-corrected chi connectivity index (χ4v) is 16.9. The summed E-state index contributed by atoms with van der Waals surface area (Å²) >= 11 is 6.06. The maximum atomic E-state index is 6.06. The van der Waals surface area contributed by atoms with Crippen molar-refractivity contribution >= 4 is 83.1 Å². The third-order valence-electron chi connectivity index (χ3n) is 22.4. The predicted molar refractivity (Wildman–Crippen MR) is 467 cm³/mol. The molecule has 0 fully saturated rings. The minimum atomic E-state index is -0.0880. The Morgan fingerprint density at radius 2 is 0.541 bits per heavy atom. The van der Waals surface area contributed by atoms with Crippen LogP contribution in [0.4, 0.5) is 28.4 Å². The number of anilines is 5. The van der Waals surface area contributed by atoms with Crippen LogP contribution in [0.5, 0.6) is 0 Å². The summed E-state index contributed by atoms with van der Waals surface area (Å²) in [6.07, 6.45) is 0. The smallest absolute Gasteiger partial charge is 0.0465 e. The lowest BCUT2D eigenvalue weighted by Crippen LogP contribution is -2.16. The first-order valence-corrected chi connectivity index (χ1v) is 38.1. The summed E-state index contributed by atoms with van der Waals surface area (Å²) in [5.41, 5.74) is 31.2. The van der Waals surface area contributed by atoms with Crippen LogP contribution in [-0.4, -0.2) is 0 Å². The van der Waals surface area contributed by atoms with E-state index >= 15 is 0 Å². The number of benzene rings is 18. The summed E-state index contributed by atoms with van der Waals surface area (Å²) in [5, 5.41) is 14.5. The number of hydrogen-bond acceptors (Lipinski definition) is 2. The Balaban J connectivity index is 0.000000127. The number of halogens is 1. The summed E-state index contributed by atoms with van der Waals surface area (Å²) in [6, 6.07) is 144. The molecule has 0 atom stereocenters. The van der Waals surface area contributed by atoms with Gasteiger partial charge in [0.15, 0.2) is 0 Å². The molecule has 20 rings (SSSR count). The minimum Gasteiger partial charge on any atom is -0.356 e. The van der Waals surface area contributed by atoms with E-state index in [4.69, 9.17) is 11.6 Å². The van der Waals surface area contributed by atoms with Crippen molar-refractivity contribution in [2.45, 2.75) is 38.5 Å². The molecule has 0 unspecified atom stereocenters. The van der Waals surface area contributed by atoms with Gasteiger partial charge in [-0.15, -0.1) is 0 Å². The van der Waals surface area contributed by atoms with Crippen LogP contribution in [0.1, 0.15) is 49.9 Å². The van der Waals surface area contributed by atoms with E-state index in [2.05, 4.69) is 420 Å². The number of fused-ring (bicyclic) bond motifs is 12. The van der Waals surface area contributed by atoms with Crippen molar-refractivity contribution in [2.75, 3.05) is 10.2 Å². The zero-order chi connectivity index (χ0) is 73.6. The number of rotatable bonds is 11. The third kappa shape index (κ3) is 13.0. The van der Waals surface area contributed by atoms with Crippen LogP contribution in [0.3, 0.4) is 0 Å². The predicted octanol–water partition coefficient (Wildman–Crippen LogP) is 30.2. The Kier molecular flexibility index (Phi) is 17.8. The molecular weight excluding hydrogens is 1340 g/mol. The number of nitrogens with one attached hydrogen (secondary N) is 1. The van der Waals surface area contributed by atoms with Gasteiger partial charge in [-0.1, -0.05) is 343 Å². The van der Waals surface area contributed by atoms with Crippen LogP contribution in [0.2, 0.25) is 5.02 Å². The lowest BCUT2D eigenvalue weighted by Gasteiger charge is -2.28. The molecule has 0 saturated carbocycles. The third-order valence-corrected chi connectivity index (χ3v) is 22.7. The Labute approximate surface area is 644 Å². The summed E-state index contributed by atoms with van der Waals surface area (Å²) in [6.45, 7) is 9.34. The molecule has 0 bridgehead atoms. The summed E-state index contributed by atoms with van der Waals surface area (Å²) in [5.74, 6) is 0. The Morgan fingerprint density at radius 1 is 0.211 bits per heavy atom. The highest BCUT2D eigenvalue weighted by Gasteiger charge is 2.37. The van der Waals surface area contributed by atoms with E-state index in [0.717, 1.165) is 33.5 Å². The zero-order valence-electron chi connectivity index (χ0n) is 61.4. The average molecular weight is 1420 g/mol. The van der Waals surface area contributed by atoms with Crippen LogP contribution in [0.15, 0.2) is 400 Å². The van der Waals surface area contributed by atoms with Crippen molar-refractivity contribution < 1.29 is 0 Å². The number of nitrogens with zero attached hydrogens (tertiary/aromatic N) is 1. The molecule has 3 heteroatoms. The second kappa shape index (κ2) is 28.6. The molecule has 2 aliphatic rings. The first kappa shape index (κ1) is 67.7. The van der Waals surface area contributed by atoms with E-state index in [1.807, 2.05) is 18.2 Å². The molecular formula is C106H79ClN2. The lowest BCUT2D eigenvalue weighted by atomic mass is 9.82. The van der Waals surface area contributed by atoms with E-state index in [1.54, 1.807) is 0 Å². The fraction of sp³-hybridized carbons (Fsp3) is 0.0566. The molecule has 0 radical (unpaired) electrons. The van der Waals surface area contributed by atoms with E-state index in [0.29, 0.717) is 0 Å². The van der Waals surface area contributed by atoms with Gasteiger partial charge in [-0.25, -0.2) is 0 Å². The van der Waals surface area contributed by atoms with E-state index in [1.165, 1.54) is 154 Å². The van der Waals surface area contributed by atoms with E-state index < -0.39 is 0 Å². The van der Waals surface area contributed by atoms with Crippen molar-refractivity contribution in [3.05, 3.63) is 428 Å². The maximum Gasteiger partial charge on any atom is 0.0465 e. The molecule has 0 heterocycles. The first-order valence-electron chi connectivity index (χ1n) is 37.7. The van der Waals surface area contributed by atoms with Crippen LogP contribution < -0.4 is 10.2 Å². The van der Waals surface area contributed by atoms with Crippen LogP contribution >= 0.6 is 11.6 Å². The maximum absolute atomic E-state index is 6.06. The SMILES string of the molecule is CC1(C)c2ccccc2-c2ccc(N(c3ccc(-c4ccccc4)cc3)c3ccc(-c4ccc5c(-c6ccccc6)cc6ccccc6c5c4)cc3)cc21.CC1(C)c2ccccc2-c2ccc(Nc3ccc(-c4ccccc4)cc3)cc21.Clc1ccc(-c2ccc3c(-c4ccccc4)cc4ccccc4c3c2)cc1. The fourth-order valence-electron chi connectivity index (χ4n) is 16.8. The molecule has 2 aliphatic carbocycles. The van der Waals surface area contributed by atoms with Crippen molar-refractivity contribution in [3.63, 3.8) is 0 Å². The largest absolute Gasteiger partial charge is 0.356 e. The minimum absolute atomic E-state index is 0.0286. The molecule has 0 aliphatic heterocycles. The molecule has 18 aromatic carbocycles. The highest BCUT2D eigenvalue weighted by molar-refractivity contribution is 6.30. The van der Waals surface area contributed by atoms with Gasteiger partial charge < -0.3 is 10.2 Å². The molecule has 0 aromatic heterocycles. The van der Waals surface area contributed by atoms with Crippen molar-refractivity contribution in [3.8, 4) is 89.0 Å². The van der Waals surface area contributed by atoms with Gasteiger partial charge in [0.1, 0.15) is 0 Å². The summed E-state index contributed by atoms with van der Waals surface area (Å²) < 4.78 is 0. The molecule has 0 amide bonds. The molecule has 0 saturated heterocycles. The van der Waals surface area contributed by atoms with Gasteiger partial charge in [-0.3, -0.25) is 0 Å². The molecule has 520 valence electrons. The Morgan fingerprint density at radius 3 is 1.01 bits per heavy atom. The van der Waals surface area contributed by atoms with Crippen LogP contribution in [0.25, 0.3) is 132 Å². The normalized spacial score (nSPS) is 12.6. The van der Waals surface area contributed by atoms with Gasteiger partial charge in [0.2, 0.25) is 0 Å². The second-order valence-corrected chi connectivity index (χ2v) is 30.2. The topological polar surface area (TPSA) is 15.3 Å². The van der Waals surface area contributed by atoms with Gasteiger partial charge >= 0.3 is 0 Å². The quantitative estimate of drug-likeness (QED) is 0.130. The Bertz CT molecular complexity index is 6390. The molecule has 109 heavy (non-hydrogen) atoms. The standard InChI is InChI=1S/C53H39N.C27H23N.C26H17Cl/c1-53(2)51-20-12-11-19-47(51)48-32-30-44(35-52(48)53)54(42-26-21-37(22-27-42)36-13-5-3-6-14-36)43-28-23-38(24-29-43)40-25-31-46-49(39-15-7-4-8-16-39)34-41-17-9-10-18-45(41)50(46)33-40;1-27(2)25-11-7-6-10-23(25)24-17-16-22(18-26(24)27)28-21-14-12-20(13-15-21)19-8-4-3-5-9-19;27-22-13-10-18(11-14-22)20-12-15-24-25(19-6-2-1-3-7-19)17-21-8-4-5-9-23(21)26(24)16-20/h3-35H,1-2H3;3-18,28H,1-2H3;1-17H. The van der Waals surface area contributed by atoms with Gasteiger partial charge in [0.05, 0.1) is 0 Å². The summed E-state index contributed by atoms with van der Waals surface area (Å²) in [7, 11) is 0. The van der Waals surface area contributed by atoms with E-state index in [9.17, 15) is 0 Å². The first-order chi connectivity index (χ1) is 53.4.